The Labute approximate surface area is 64.1 Å². The smallest absolute Gasteiger partial charge is 0.0658 e. The fourth-order valence-electron chi connectivity index (χ4n) is 1.39. The zero-order chi connectivity index (χ0) is 7.98. The van der Waals surface area contributed by atoms with E-state index in [1.807, 2.05) is 0 Å². The van der Waals surface area contributed by atoms with Gasteiger partial charge in [-0.15, -0.1) is 0 Å². The van der Waals surface area contributed by atoms with Crippen molar-refractivity contribution in [3.05, 3.63) is 0 Å². The van der Waals surface area contributed by atoms with Gasteiger partial charge in [-0.25, -0.2) is 0 Å². The number of nitrogens with zero attached hydrogens (tertiary/aromatic N) is 1. The predicted octanol–water partition coefficient (Wildman–Crippen LogP) is 2.97. The summed E-state index contributed by atoms with van der Waals surface area (Å²) >= 11 is 0. The predicted molar refractivity (Wildman–Crippen MR) is 43.5 cm³/mol. The number of rotatable bonds is 4. The molecule has 0 saturated carbocycles. The molecule has 0 spiro atoms. The van der Waals surface area contributed by atoms with E-state index >= 15 is 0 Å². The van der Waals surface area contributed by atoms with Gasteiger partial charge in [0, 0.05) is 5.92 Å². The van der Waals surface area contributed by atoms with Crippen LogP contribution in [0.2, 0.25) is 0 Å². The van der Waals surface area contributed by atoms with E-state index in [4.69, 9.17) is 5.26 Å². The van der Waals surface area contributed by atoms with Gasteiger partial charge in [-0.3, -0.25) is 0 Å². The Hall–Kier alpha value is -0.510. The van der Waals surface area contributed by atoms with Crippen LogP contribution in [-0.2, 0) is 0 Å². The molecule has 0 aromatic heterocycles. The van der Waals surface area contributed by atoms with Crippen molar-refractivity contribution in [2.75, 3.05) is 0 Å². The summed E-state index contributed by atoms with van der Waals surface area (Å²) in [6.07, 6.45) is 3.29. The Balaban J connectivity index is 3.85. The molecule has 1 heteroatoms. The Morgan fingerprint density at radius 3 is 1.70 bits per heavy atom. The van der Waals surface area contributed by atoms with Crippen molar-refractivity contribution in [3.63, 3.8) is 0 Å². The third kappa shape index (κ3) is 2.39. The van der Waals surface area contributed by atoms with Crippen LogP contribution >= 0.6 is 0 Å². The lowest BCUT2D eigenvalue weighted by Crippen LogP contribution is -2.09. The van der Waals surface area contributed by atoms with Crippen molar-refractivity contribution in [1.29, 1.82) is 5.26 Å². The number of nitriles is 1. The second-order valence-corrected chi connectivity index (χ2v) is 2.72. The normalized spacial score (nSPS) is 13.1. The second kappa shape index (κ2) is 5.29. The molecule has 0 aliphatic rings. The molecule has 1 nitrogen and oxygen atoms in total. The van der Waals surface area contributed by atoms with Gasteiger partial charge in [0.25, 0.3) is 0 Å². The van der Waals surface area contributed by atoms with Crippen molar-refractivity contribution in [2.24, 2.45) is 11.8 Å². The van der Waals surface area contributed by atoms with Crippen LogP contribution in [0.15, 0.2) is 0 Å². The summed E-state index contributed by atoms with van der Waals surface area (Å²) in [6, 6.07) is 2.35. The Morgan fingerprint density at radius 1 is 1.10 bits per heavy atom. The summed E-state index contributed by atoms with van der Waals surface area (Å²) < 4.78 is 0. The lowest BCUT2D eigenvalue weighted by molar-refractivity contribution is 0.370. The van der Waals surface area contributed by atoms with Crippen LogP contribution in [0.5, 0.6) is 0 Å². The molecule has 0 N–H and O–H groups in total. The van der Waals surface area contributed by atoms with Crippen LogP contribution in [-0.4, -0.2) is 0 Å². The molecule has 0 amide bonds. The van der Waals surface area contributed by atoms with Crippen molar-refractivity contribution in [3.8, 4) is 6.07 Å². The van der Waals surface area contributed by atoms with E-state index in [0.29, 0.717) is 5.92 Å². The minimum Gasteiger partial charge on any atom is -0.198 e. The summed E-state index contributed by atoms with van der Waals surface area (Å²) in [5.41, 5.74) is 0. The lowest BCUT2D eigenvalue weighted by atomic mass is 9.87. The van der Waals surface area contributed by atoms with Gasteiger partial charge in [-0.05, 0) is 12.3 Å². The van der Waals surface area contributed by atoms with Gasteiger partial charge in [0.15, 0.2) is 0 Å². The lowest BCUT2D eigenvalue weighted by Gasteiger charge is -2.16. The topological polar surface area (TPSA) is 23.8 Å². The SMILES string of the molecule is CCC(C#N)C(CC)CC. The van der Waals surface area contributed by atoms with Gasteiger partial charge < -0.3 is 0 Å². The molecular weight excluding hydrogens is 122 g/mol. The molecule has 0 radical (unpaired) electrons. The standard InChI is InChI=1S/C9H17N/c1-4-8(5-2)9(6-3)7-10/h8-9H,4-6H2,1-3H3. The highest BCUT2D eigenvalue weighted by molar-refractivity contribution is 4.85. The number of hydrogen-bond acceptors (Lipinski definition) is 1. The quantitative estimate of drug-likeness (QED) is 0.587. The fourth-order valence-corrected chi connectivity index (χ4v) is 1.39. The Morgan fingerprint density at radius 2 is 1.60 bits per heavy atom. The van der Waals surface area contributed by atoms with Crippen molar-refractivity contribution < 1.29 is 0 Å². The van der Waals surface area contributed by atoms with E-state index in [-0.39, 0.29) is 5.92 Å². The largest absolute Gasteiger partial charge is 0.198 e. The first-order chi connectivity index (χ1) is 4.79. The molecule has 1 unspecified atom stereocenters. The first-order valence-corrected chi connectivity index (χ1v) is 4.19. The van der Waals surface area contributed by atoms with Gasteiger partial charge in [-0.1, -0.05) is 33.6 Å². The maximum absolute atomic E-state index is 8.71. The van der Waals surface area contributed by atoms with Crippen LogP contribution in [0.1, 0.15) is 40.0 Å². The minimum absolute atomic E-state index is 0.287. The van der Waals surface area contributed by atoms with Crippen molar-refractivity contribution >= 4 is 0 Å². The highest BCUT2D eigenvalue weighted by atomic mass is 14.3. The summed E-state index contributed by atoms with van der Waals surface area (Å²) in [6.45, 7) is 6.41. The third-order valence-electron chi connectivity index (χ3n) is 2.22. The van der Waals surface area contributed by atoms with Crippen LogP contribution in [0.3, 0.4) is 0 Å². The minimum atomic E-state index is 0.287. The summed E-state index contributed by atoms with van der Waals surface area (Å²) in [4.78, 5) is 0. The molecule has 58 valence electrons. The maximum Gasteiger partial charge on any atom is 0.0658 e. The van der Waals surface area contributed by atoms with E-state index in [0.717, 1.165) is 19.3 Å². The highest BCUT2D eigenvalue weighted by Gasteiger charge is 2.14. The van der Waals surface area contributed by atoms with Crippen molar-refractivity contribution in [2.45, 2.75) is 40.0 Å². The third-order valence-corrected chi connectivity index (χ3v) is 2.22. The molecule has 0 aliphatic carbocycles. The van der Waals surface area contributed by atoms with E-state index in [9.17, 15) is 0 Å². The molecule has 1 atom stereocenters. The molecule has 0 aromatic carbocycles. The van der Waals surface area contributed by atoms with Gasteiger partial charge in [0.05, 0.1) is 6.07 Å². The van der Waals surface area contributed by atoms with Gasteiger partial charge in [0.2, 0.25) is 0 Å². The summed E-state index contributed by atoms with van der Waals surface area (Å²) in [5.74, 6) is 0.907. The first-order valence-electron chi connectivity index (χ1n) is 4.19. The molecule has 0 aromatic rings. The first kappa shape index (κ1) is 9.49. The average molecular weight is 139 g/mol. The van der Waals surface area contributed by atoms with Crippen molar-refractivity contribution in [1.82, 2.24) is 0 Å². The van der Waals surface area contributed by atoms with E-state index in [1.165, 1.54) is 0 Å². The molecule has 0 bridgehead atoms. The van der Waals surface area contributed by atoms with Crippen LogP contribution < -0.4 is 0 Å². The molecule has 0 aliphatic heterocycles. The Kier molecular flexibility index (Phi) is 5.02. The van der Waals surface area contributed by atoms with Gasteiger partial charge in [0.1, 0.15) is 0 Å². The molecule has 0 fully saturated rings. The molecule has 0 heterocycles. The van der Waals surface area contributed by atoms with E-state index in [2.05, 4.69) is 26.8 Å². The fraction of sp³-hybridized carbons (Fsp3) is 0.889. The van der Waals surface area contributed by atoms with E-state index < -0.39 is 0 Å². The maximum atomic E-state index is 8.71. The summed E-state index contributed by atoms with van der Waals surface area (Å²) in [5, 5.41) is 8.71. The highest BCUT2D eigenvalue weighted by Crippen LogP contribution is 2.21. The monoisotopic (exact) mass is 139 g/mol. The number of hydrogen-bond donors (Lipinski definition) is 0. The molecule has 0 rings (SSSR count). The van der Waals surface area contributed by atoms with Crippen LogP contribution in [0, 0.1) is 23.2 Å². The molecular formula is C9H17N. The molecule has 10 heavy (non-hydrogen) atoms. The second-order valence-electron chi connectivity index (χ2n) is 2.72. The van der Waals surface area contributed by atoms with Gasteiger partial charge >= 0.3 is 0 Å². The van der Waals surface area contributed by atoms with Crippen LogP contribution in [0.25, 0.3) is 0 Å². The average Bonchev–Trinajstić information content (AvgIpc) is 2.00. The van der Waals surface area contributed by atoms with Gasteiger partial charge in [-0.2, -0.15) is 5.26 Å². The van der Waals surface area contributed by atoms with Crippen LogP contribution in [0.4, 0.5) is 0 Å². The molecule has 0 saturated heterocycles. The Bertz CT molecular complexity index is 108. The zero-order valence-corrected chi connectivity index (χ0v) is 7.22. The summed E-state index contributed by atoms with van der Waals surface area (Å²) in [7, 11) is 0. The van der Waals surface area contributed by atoms with E-state index in [1.54, 1.807) is 0 Å². The zero-order valence-electron chi connectivity index (χ0n) is 7.22.